The zero-order valence-electron chi connectivity index (χ0n) is 12.2. The predicted molar refractivity (Wildman–Crippen MR) is 84.5 cm³/mol. The van der Waals surface area contributed by atoms with Crippen molar-refractivity contribution in [1.82, 2.24) is 9.62 Å². The van der Waals surface area contributed by atoms with Gasteiger partial charge in [-0.05, 0) is 43.2 Å². The van der Waals surface area contributed by atoms with E-state index < -0.39 is 10.0 Å². The van der Waals surface area contributed by atoms with Gasteiger partial charge in [0.05, 0.1) is 6.26 Å². The van der Waals surface area contributed by atoms with Crippen LogP contribution in [0, 0.1) is 5.92 Å². The van der Waals surface area contributed by atoms with Gasteiger partial charge in [0.1, 0.15) is 0 Å². The number of hydrogen-bond acceptors (Lipinski definition) is 4. The van der Waals surface area contributed by atoms with E-state index in [4.69, 9.17) is 0 Å². The predicted octanol–water partition coefficient (Wildman–Crippen LogP) is 2.46. The lowest BCUT2D eigenvalue weighted by Gasteiger charge is -2.33. The van der Waals surface area contributed by atoms with E-state index in [0.717, 1.165) is 25.8 Å². The highest BCUT2D eigenvalue weighted by Crippen LogP contribution is 2.30. The van der Waals surface area contributed by atoms with Crippen LogP contribution in [0.1, 0.15) is 37.1 Å². The van der Waals surface area contributed by atoms with E-state index in [9.17, 15) is 8.42 Å². The summed E-state index contributed by atoms with van der Waals surface area (Å²) in [6.07, 6.45) is 4.43. The van der Waals surface area contributed by atoms with Crippen molar-refractivity contribution in [2.24, 2.45) is 5.92 Å². The number of thiophene rings is 1. The molecular formula is C14H24N2O2S2. The summed E-state index contributed by atoms with van der Waals surface area (Å²) in [6, 6.07) is 4.59. The van der Waals surface area contributed by atoms with Crippen LogP contribution in [0.15, 0.2) is 17.5 Å². The molecule has 0 saturated carbocycles. The maximum Gasteiger partial charge on any atom is 0.211 e. The van der Waals surface area contributed by atoms with Crippen LogP contribution >= 0.6 is 11.3 Å². The van der Waals surface area contributed by atoms with Crippen molar-refractivity contribution >= 4 is 21.4 Å². The van der Waals surface area contributed by atoms with Gasteiger partial charge in [-0.2, -0.15) is 0 Å². The maximum absolute atomic E-state index is 11.7. The van der Waals surface area contributed by atoms with Crippen LogP contribution in [0.3, 0.4) is 0 Å². The Balaban J connectivity index is 2.00. The molecule has 0 radical (unpaired) electrons. The minimum absolute atomic E-state index is 0.351. The first-order valence-electron chi connectivity index (χ1n) is 7.22. The summed E-state index contributed by atoms with van der Waals surface area (Å²) in [7, 11) is -3.05. The van der Waals surface area contributed by atoms with Crippen LogP contribution in [0.4, 0.5) is 0 Å². The van der Waals surface area contributed by atoms with Crippen LogP contribution in [-0.2, 0) is 10.0 Å². The molecule has 0 aliphatic carbocycles. The van der Waals surface area contributed by atoms with Gasteiger partial charge in [0.25, 0.3) is 0 Å². The van der Waals surface area contributed by atoms with Crippen molar-refractivity contribution in [3.63, 3.8) is 0 Å². The minimum Gasteiger partial charge on any atom is -0.310 e. The number of sulfonamides is 1. The van der Waals surface area contributed by atoms with Crippen molar-refractivity contribution in [2.45, 2.75) is 32.2 Å². The average Bonchev–Trinajstić information content (AvgIpc) is 2.91. The molecule has 1 aromatic rings. The fourth-order valence-electron chi connectivity index (χ4n) is 2.89. The first kappa shape index (κ1) is 15.9. The van der Waals surface area contributed by atoms with Gasteiger partial charge in [-0.15, -0.1) is 11.3 Å². The third-order valence-corrected chi connectivity index (χ3v) is 6.11. The summed E-state index contributed by atoms with van der Waals surface area (Å²) in [5.74, 6) is 0.449. The molecule has 1 fully saturated rings. The van der Waals surface area contributed by atoms with Gasteiger partial charge in [-0.3, -0.25) is 0 Å². The van der Waals surface area contributed by atoms with Gasteiger partial charge in [0.15, 0.2) is 0 Å². The fourth-order valence-corrected chi connectivity index (χ4v) is 4.65. The van der Waals surface area contributed by atoms with E-state index in [-0.39, 0.29) is 0 Å². The zero-order valence-corrected chi connectivity index (χ0v) is 13.8. The first-order chi connectivity index (χ1) is 9.50. The SMILES string of the molecule is CCNC(CC1CCCN(S(C)(=O)=O)C1)c1cccs1. The molecular weight excluding hydrogens is 292 g/mol. The van der Waals surface area contributed by atoms with E-state index in [0.29, 0.717) is 25.0 Å². The lowest BCUT2D eigenvalue weighted by molar-refractivity contribution is 0.239. The Bertz CT molecular complexity index is 499. The molecule has 1 N–H and O–H groups in total. The molecule has 0 bridgehead atoms. The summed E-state index contributed by atoms with van der Waals surface area (Å²) in [5.41, 5.74) is 0. The molecule has 1 aliphatic rings. The average molecular weight is 316 g/mol. The molecule has 20 heavy (non-hydrogen) atoms. The molecule has 2 unspecified atom stereocenters. The molecule has 4 nitrogen and oxygen atoms in total. The Kier molecular flexibility index (Phi) is 5.60. The Morgan fingerprint density at radius 3 is 2.95 bits per heavy atom. The molecule has 2 heterocycles. The van der Waals surface area contributed by atoms with Gasteiger partial charge >= 0.3 is 0 Å². The van der Waals surface area contributed by atoms with E-state index in [2.05, 4.69) is 29.8 Å². The topological polar surface area (TPSA) is 49.4 Å². The molecule has 114 valence electrons. The highest BCUT2D eigenvalue weighted by molar-refractivity contribution is 7.88. The second-order valence-electron chi connectivity index (χ2n) is 5.49. The Labute approximate surface area is 126 Å². The van der Waals surface area contributed by atoms with Crippen molar-refractivity contribution in [2.75, 3.05) is 25.9 Å². The third-order valence-electron chi connectivity index (χ3n) is 3.86. The Morgan fingerprint density at radius 2 is 2.35 bits per heavy atom. The van der Waals surface area contributed by atoms with E-state index in [1.807, 2.05) is 0 Å². The summed E-state index contributed by atoms with van der Waals surface area (Å²) >= 11 is 1.77. The van der Waals surface area contributed by atoms with Gasteiger partial charge in [-0.25, -0.2) is 12.7 Å². The minimum atomic E-state index is -3.05. The number of piperidine rings is 1. The van der Waals surface area contributed by atoms with Gasteiger partial charge in [0.2, 0.25) is 10.0 Å². The molecule has 0 amide bonds. The molecule has 0 aromatic carbocycles. The normalized spacial score (nSPS) is 22.8. The Hall–Kier alpha value is -0.430. The summed E-state index contributed by atoms with van der Waals surface area (Å²) in [4.78, 5) is 1.35. The van der Waals surface area contributed by atoms with Crippen molar-refractivity contribution in [3.05, 3.63) is 22.4 Å². The van der Waals surface area contributed by atoms with Crippen molar-refractivity contribution < 1.29 is 8.42 Å². The lowest BCUT2D eigenvalue weighted by atomic mass is 9.92. The first-order valence-corrected chi connectivity index (χ1v) is 9.95. The monoisotopic (exact) mass is 316 g/mol. The highest BCUT2D eigenvalue weighted by Gasteiger charge is 2.28. The number of rotatable bonds is 6. The van der Waals surface area contributed by atoms with E-state index in [1.54, 1.807) is 15.6 Å². The standard InChI is InChI=1S/C14H24N2O2S2/c1-3-15-13(14-7-5-9-19-14)10-12-6-4-8-16(11-12)20(2,17)18/h5,7,9,12-13,15H,3-4,6,8,10-11H2,1-2H3. The summed E-state index contributed by atoms with van der Waals surface area (Å²) in [6.45, 7) is 4.40. The van der Waals surface area contributed by atoms with E-state index in [1.165, 1.54) is 11.1 Å². The number of hydrogen-bond donors (Lipinski definition) is 1. The third kappa shape index (κ3) is 4.28. The summed E-state index contributed by atoms with van der Waals surface area (Å²) < 4.78 is 25.0. The van der Waals surface area contributed by atoms with Crippen LogP contribution < -0.4 is 5.32 Å². The van der Waals surface area contributed by atoms with Crippen molar-refractivity contribution in [1.29, 1.82) is 0 Å². The molecule has 6 heteroatoms. The van der Waals surface area contributed by atoms with Crippen LogP contribution in [0.5, 0.6) is 0 Å². The molecule has 1 aromatic heterocycles. The molecule has 2 atom stereocenters. The smallest absolute Gasteiger partial charge is 0.211 e. The van der Waals surface area contributed by atoms with Crippen molar-refractivity contribution in [3.8, 4) is 0 Å². The fraction of sp³-hybridized carbons (Fsp3) is 0.714. The van der Waals surface area contributed by atoms with Gasteiger partial charge in [0, 0.05) is 24.0 Å². The quantitative estimate of drug-likeness (QED) is 0.877. The second-order valence-corrected chi connectivity index (χ2v) is 8.45. The number of nitrogens with zero attached hydrogens (tertiary/aromatic N) is 1. The van der Waals surface area contributed by atoms with Crippen LogP contribution in [0.25, 0.3) is 0 Å². The van der Waals surface area contributed by atoms with Gasteiger partial charge < -0.3 is 5.32 Å². The molecule has 1 saturated heterocycles. The van der Waals surface area contributed by atoms with E-state index >= 15 is 0 Å². The zero-order chi connectivity index (χ0) is 14.6. The number of nitrogens with one attached hydrogen (secondary N) is 1. The van der Waals surface area contributed by atoms with Crippen LogP contribution in [0.2, 0.25) is 0 Å². The second kappa shape index (κ2) is 7.02. The summed E-state index contributed by atoms with van der Waals surface area (Å²) in [5, 5.41) is 5.63. The molecule has 1 aliphatic heterocycles. The maximum atomic E-state index is 11.7. The lowest BCUT2D eigenvalue weighted by Crippen LogP contribution is -2.40. The molecule has 2 rings (SSSR count). The largest absolute Gasteiger partial charge is 0.310 e. The van der Waals surface area contributed by atoms with Gasteiger partial charge in [-0.1, -0.05) is 13.0 Å². The van der Waals surface area contributed by atoms with Crippen LogP contribution in [-0.4, -0.2) is 38.6 Å². The highest BCUT2D eigenvalue weighted by atomic mass is 32.2. The molecule has 0 spiro atoms. The Morgan fingerprint density at radius 1 is 1.55 bits per heavy atom.